The van der Waals surface area contributed by atoms with Gasteiger partial charge in [-0.15, -0.1) is 0 Å². The largest absolute Gasteiger partial charge is 0.472 e. The molecule has 7 rings (SSSR count). The number of furan rings is 1. The van der Waals surface area contributed by atoms with E-state index in [0.29, 0.717) is 34.6 Å². The number of para-hydroxylation sites is 2. The summed E-state index contributed by atoms with van der Waals surface area (Å²) in [5, 5.41) is 4.50. The molecule has 1 N–H and O–H groups in total. The lowest BCUT2D eigenvalue weighted by atomic mass is 10.3. The number of nitrogens with zero attached hydrogens (tertiary/aromatic N) is 6. The van der Waals surface area contributed by atoms with Crippen LogP contribution in [0, 0.1) is 11.6 Å². The van der Waals surface area contributed by atoms with E-state index in [9.17, 15) is 18.4 Å². The summed E-state index contributed by atoms with van der Waals surface area (Å²) in [6, 6.07) is 16.6. The number of benzene rings is 2. The Kier molecular flexibility index (Phi) is 10.6. The zero-order chi connectivity index (χ0) is 35.9. The quantitative estimate of drug-likeness (QED) is 0.0728. The molecule has 7 aromatic rings. The smallest absolute Gasteiger partial charge is 0.294 e. The van der Waals surface area contributed by atoms with Gasteiger partial charge in [0.1, 0.15) is 23.3 Å². The molecular weight excluding hydrogens is 688 g/mol. The minimum absolute atomic E-state index is 0.00203. The molecule has 5 heterocycles. The molecule has 0 spiro atoms. The third-order valence-corrected chi connectivity index (χ3v) is 7.68. The van der Waals surface area contributed by atoms with Crippen molar-refractivity contribution >= 4 is 40.1 Å². The van der Waals surface area contributed by atoms with Crippen LogP contribution in [0.1, 0.15) is 5.56 Å². The summed E-state index contributed by atoms with van der Waals surface area (Å²) in [5.41, 5.74) is 0.892. The molecule has 0 radical (unpaired) electrons. The van der Waals surface area contributed by atoms with Gasteiger partial charge in [-0.1, -0.05) is 24.3 Å². The van der Waals surface area contributed by atoms with Gasteiger partial charge in [-0.2, -0.15) is 9.32 Å². The first-order chi connectivity index (χ1) is 24.7. The Hall–Kier alpha value is -6.17. The number of anilines is 1. The number of halogens is 2. The second-order valence-corrected chi connectivity index (χ2v) is 11.2. The summed E-state index contributed by atoms with van der Waals surface area (Å²) < 4.78 is 50.7. The fourth-order valence-electron chi connectivity index (χ4n) is 4.62. The fourth-order valence-corrected chi connectivity index (χ4v) is 4.97. The van der Waals surface area contributed by atoms with E-state index < -0.39 is 22.8 Å². The Balaban J connectivity index is 0.000000177. The number of hydrogen-bond acceptors (Lipinski definition) is 13. The van der Waals surface area contributed by atoms with Gasteiger partial charge in [0.2, 0.25) is 11.1 Å². The average molecular weight is 716 g/mol. The maximum Gasteiger partial charge on any atom is 0.294 e. The molecule has 2 aromatic carbocycles. The van der Waals surface area contributed by atoms with E-state index in [0.717, 1.165) is 17.6 Å². The second-order valence-electron chi connectivity index (χ2n) is 10.5. The Bertz CT molecular complexity index is 2440. The van der Waals surface area contributed by atoms with Gasteiger partial charge in [0.05, 0.1) is 19.6 Å². The summed E-state index contributed by atoms with van der Waals surface area (Å²) in [4.78, 5) is 46.4. The lowest BCUT2D eigenvalue weighted by Gasteiger charge is -2.11. The maximum absolute atomic E-state index is 13.8. The maximum atomic E-state index is 13.8. The molecule has 0 amide bonds. The van der Waals surface area contributed by atoms with Crippen molar-refractivity contribution in [2.45, 2.75) is 11.7 Å². The molecular formula is C34H27F2N7O7S. The summed E-state index contributed by atoms with van der Waals surface area (Å²) in [5.74, 6) is -0.801. The van der Waals surface area contributed by atoms with Crippen LogP contribution in [-0.2, 0) is 29.9 Å². The molecule has 0 fully saturated rings. The van der Waals surface area contributed by atoms with Crippen molar-refractivity contribution in [1.82, 2.24) is 29.1 Å². The van der Waals surface area contributed by atoms with Crippen molar-refractivity contribution in [3.8, 4) is 23.0 Å². The first-order valence-electron chi connectivity index (χ1n) is 14.9. The van der Waals surface area contributed by atoms with E-state index in [1.54, 1.807) is 44.0 Å². The highest BCUT2D eigenvalue weighted by Gasteiger charge is 2.15. The van der Waals surface area contributed by atoms with Gasteiger partial charge in [-0.25, -0.2) is 28.6 Å². The minimum atomic E-state index is -0.556. The van der Waals surface area contributed by atoms with Gasteiger partial charge < -0.3 is 19.2 Å². The van der Waals surface area contributed by atoms with E-state index in [1.165, 1.54) is 72.0 Å². The van der Waals surface area contributed by atoms with Crippen LogP contribution in [0.5, 0.6) is 23.0 Å². The molecule has 0 saturated heterocycles. The van der Waals surface area contributed by atoms with Gasteiger partial charge >= 0.3 is 0 Å². The summed E-state index contributed by atoms with van der Waals surface area (Å²) in [6.07, 6.45) is 6.29. The highest BCUT2D eigenvalue weighted by molar-refractivity contribution is 7.94. The zero-order valence-corrected chi connectivity index (χ0v) is 27.9. The SMILES string of the molecule is COOSc1ncc2cc(Oc3ccccc3F)c(=O)n(C)c2n1.Cn1c(=O)c(Oc2ccccc2F)cc2cnc(NCc3ccoc3)nc21. The lowest BCUT2D eigenvalue weighted by Crippen LogP contribution is -2.20. The van der Waals surface area contributed by atoms with Gasteiger partial charge in [-0.3, -0.25) is 18.7 Å². The molecule has 0 aliphatic carbocycles. The molecule has 17 heteroatoms. The topological polar surface area (TPSA) is 158 Å². The number of nitrogens with one attached hydrogen (secondary N) is 1. The number of aromatic nitrogens is 6. The molecule has 14 nitrogen and oxygen atoms in total. The number of hydrogen-bond donors (Lipinski definition) is 1. The normalized spacial score (nSPS) is 10.9. The standard InChI is InChI=1S/C19H15FN4O3.C15H12FN3O4S/c1-24-17-13(10-22-19(23-17)21-9-12-6-7-26-11-12)8-16(18(24)25)27-15-5-3-2-4-14(15)20;1-19-13-9(8-17-15(18-13)24-23-21-2)7-12(14(19)20)22-11-6-4-3-5-10(11)16/h2-8,10-11H,9H2,1H3,(H,21,22,23);3-8H,1-2H3. The van der Waals surface area contributed by atoms with Crippen molar-refractivity contribution in [3.63, 3.8) is 0 Å². The number of rotatable bonds is 10. The molecule has 51 heavy (non-hydrogen) atoms. The summed E-state index contributed by atoms with van der Waals surface area (Å²) in [6.45, 7) is 0.491. The zero-order valence-electron chi connectivity index (χ0n) is 27.1. The third kappa shape index (κ3) is 8.01. The van der Waals surface area contributed by atoms with Gasteiger partial charge in [0, 0.05) is 49.4 Å². The predicted molar refractivity (Wildman–Crippen MR) is 182 cm³/mol. The number of fused-ring (bicyclic) bond motifs is 2. The number of ether oxygens (including phenoxy) is 2. The van der Waals surface area contributed by atoms with Crippen molar-refractivity contribution < 1.29 is 31.9 Å². The molecule has 0 aliphatic heterocycles. The van der Waals surface area contributed by atoms with Crippen molar-refractivity contribution in [3.05, 3.63) is 130 Å². The van der Waals surface area contributed by atoms with Crippen molar-refractivity contribution in [2.24, 2.45) is 14.1 Å². The van der Waals surface area contributed by atoms with Crippen molar-refractivity contribution in [1.29, 1.82) is 0 Å². The van der Waals surface area contributed by atoms with Gasteiger partial charge in [0.25, 0.3) is 11.1 Å². The van der Waals surface area contributed by atoms with Crippen LogP contribution in [0.15, 0.2) is 111 Å². The monoisotopic (exact) mass is 715 g/mol. The highest BCUT2D eigenvalue weighted by Crippen LogP contribution is 2.26. The number of pyridine rings is 2. The van der Waals surface area contributed by atoms with E-state index >= 15 is 0 Å². The van der Waals surface area contributed by atoms with E-state index in [1.807, 2.05) is 6.07 Å². The Morgan fingerprint density at radius 1 is 0.784 bits per heavy atom. The predicted octanol–water partition coefficient (Wildman–Crippen LogP) is 6.31. The van der Waals surface area contributed by atoms with E-state index in [4.69, 9.17) is 18.2 Å². The van der Waals surface area contributed by atoms with Crippen LogP contribution in [0.3, 0.4) is 0 Å². The second kappa shape index (κ2) is 15.6. The van der Waals surface area contributed by atoms with Gasteiger partial charge in [0.15, 0.2) is 34.6 Å². The Morgan fingerprint density at radius 2 is 1.35 bits per heavy atom. The van der Waals surface area contributed by atoms with Crippen LogP contribution >= 0.6 is 12.0 Å². The Labute approximate surface area is 291 Å². The molecule has 0 bridgehead atoms. The van der Waals surface area contributed by atoms with Crippen LogP contribution < -0.4 is 25.9 Å². The highest BCUT2D eigenvalue weighted by atomic mass is 32.2. The minimum Gasteiger partial charge on any atom is -0.472 e. The fraction of sp³-hybridized carbons (Fsp3) is 0.118. The van der Waals surface area contributed by atoms with Crippen molar-refractivity contribution in [2.75, 3.05) is 12.4 Å². The van der Waals surface area contributed by atoms with Gasteiger partial charge in [-0.05, 0) is 42.5 Å². The molecule has 0 aliphatic rings. The summed E-state index contributed by atoms with van der Waals surface area (Å²) >= 11 is 0.818. The molecule has 0 unspecified atom stereocenters. The van der Waals surface area contributed by atoms with Crippen LogP contribution in [0.25, 0.3) is 22.1 Å². The summed E-state index contributed by atoms with van der Waals surface area (Å²) in [7, 11) is 4.47. The first-order valence-corrected chi connectivity index (χ1v) is 15.7. The third-order valence-electron chi connectivity index (χ3n) is 7.13. The Morgan fingerprint density at radius 3 is 1.90 bits per heavy atom. The van der Waals surface area contributed by atoms with Crippen LogP contribution in [0.4, 0.5) is 14.7 Å². The lowest BCUT2D eigenvalue weighted by molar-refractivity contribution is -0.160. The van der Waals surface area contributed by atoms with E-state index in [2.05, 4.69) is 30.1 Å². The molecule has 0 atom stereocenters. The number of aryl methyl sites for hydroxylation is 2. The van der Waals surface area contributed by atoms with Crippen LogP contribution in [-0.4, -0.2) is 36.2 Å². The average Bonchev–Trinajstić information content (AvgIpc) is 3.67. The van der Waals surface area contributed by atoms with Crippen LogP contribution in [0.2, 0.25) is 0 Å². The van der Waals surface area contributed by atoms with E-state index in [-0.39, 0.29) is 28.2 Å². The molecule has 0 saturated carbocycles. The molecule has 5 aromatic heterocycles. The first kappa shape index (κ1) is 34.7. The molecule has 260 valence electrons.